The van der Waals surface area contributed by atoms with Gasteiger partial charge in [-0.1, -0.05) is 74.9 Å². The maximum Gasteiger partial charge on any atom is 0.0488 e. The lowest BCUT2D eigenvalue weighted by molar-refractivity contribution is 0.381. The zero-order valence-electron chi connectivity index (χ0n) is 11.5. The maximum atomic E-state index is 3.61. The first-order chi connectivity index (χ1) is 8.92. The van der Waals surface area contributed by atoms with Crippen LogP contribution in [0.4, 0.5) is 0 Å². The summed E-state index contributed by atoms with van der Waals surface area (Å²) in [6.07, 6.45) is 11.9. The molecule has 0 amide bonds. The highest BCUT2D eigenvalue weighted by molar-refractivity contribution is 6.62. The van der Waals surface area contributed by atoms with Crippen molar-refractivity contribution in [3.8, 4) is 0 Å². The molecule has 3 rings (SSSR count). The van der Waals surface area contributed by atoms with E-state index in [0.717, 1.165) is 0 Å². The average molecular weight is 257 g/mol. The van der Waals surface area contributed by atoms with Gasteiger partial charge in [0.2, 0.25) is 0 Å². The average Bonchev–Trinajstić information content (AvgIpc) is 2.50. The summed E-state index contributed by atoms with van der Waals surface area (Å²) in [4.78, 5) is 0. The first kappa shape index (κ1) is 12.5. The van der Waals surface area contributed by atoms with E-state index in [0.29, 0.717) is 5.04 Å². The van der Waals surface area contributed by atoms with E-state index in [1.165, 1.54) is 51.4 Å². The Morgan fingerprint density at radius 1 is 0.889 bits per heavy atom. The third-order valence-electron chi connectivity index (χ3n) is 5.38. The Hall–Kier alpha value is -0.563. The van der Waals surface area contributed by atoms with E-state index in [2.05, 4.69) is 30.3 Å². The number of hydrogen-bond acceptors (Lipinski definition) is 0. The fourth-order valence-corrected chi connectivity index (χ4v) is 9.24. The zero-order chi connectivity index (χ0) is 12.3. The first-order valence-corrected chi connectivity index (χ1v) is 10.1. The van der Waals surface area contributed by atoms with Crippen LogP contribution in [0.5, 0.6) is 0 Å². The second kappa shape index (κ2) is 5.60. The third kappa shape index (κ3) is 2.30. The molecule has 1 heterocycles. The molecule has 1 aliphatic heterocycles. The summed E-state index contributed by atoms with van der Waals surface area (Å²) < 4.78 is 0. The van der Waals surface area contributed by atoms with E-state index in [-0.39, 0.29) is 0 Å². The molecule has 18 heavy (non-hydrogen) atoms. The molecular weight excluding hydrogens is 232 g/mol. The van der Waals surface area contributed by atoms with E-state index in [1.54, 1.807) is 17.7 Å². The van der Waals surface area contributed by atoms with Gasteiger partial charge in [-0.3, -0.25) is 0 Å². The Morgan fingerprint density at radius 2 is 1.61 bits per heavy atom. The fourth-order valence-electron chi connectivity index (χ4n) is 4.44. The van der Waals surface area contributed by atoms with Crippen LogP contribution in [0.2, 0.25) is 12.1 Å². The number of rotatable bonds is 2. The molecule has 1 aromatic rings. The standard InChI is InChI=1S/C17H25Si/c1-4-10-16(11-5-1)17(12-6-2-7-13-17)18-14-8-3-9-15-18/h1,4-5,10,18H,2-3,6-9,12-15H2. The van der Waals surface area contributed by atoms with E-state index >= 15 is 0 Å². The van der Waals surface area contributed by atoms with Gasteiger partial charge in [-0.2, -0.15) is 0 Å². The molecule has 1 aliphatic carbocycles. The molecule has 1 radical (unpaired) electrons. The van der Waals surface area contributed by atoms with Crippen molar-refractivity contribution in [1.29, 1.82) is 0 Å². The Kier molecular flexibility index (Phi) is 3.88. The summed E-state index contributed by atoms with van der Waals surface area (Å²) in [6.45, 7) is 0. The van der Waals surface area contributed by atoms with Gasteiger partial charge in [0.05, 0.1) is 0 Å². The summed E-state index contributed by atoms with van der Waals surface area (Å²) in [7, 11) is -0.601. The van der Waals surface area contributed by atoms with Gasteiger partial charge in [-0.25, -0.2) is 0 Å². The second-order valence-corrected chi connectivity index (χ2v) is 9.98. The summed E-state index contributed by atoms with van der Waals surface area (Å²) in [5, 5.41) is 0.625. The number of hydrogen-bond donors (Lipinski definition) is 0. The molecule has 0 bridgehead atoms. The van der Waals surface area contributed by atoms with Crippen molar-refractivity contribution < 1.29 is 0 Å². The summed E-state index contributed by atoms with van der Waals surface area (Å²) >= 11 is 0. The van der Waals surface area contributed by atoms with Crippen molar-refractivity contribution in [3.05, 3.63) is 35.9 Å². The third-order valence-corrected chi connectivity index (χ3v) is 10.0. The maximum absolute atomic E-state index is 3.61. The first-order valence-electron chi connectivity index (χ1n) is 7.89. The lowest BCUT2D eigenvalue weighted by Gasteiger charge is -2.45. The molecule has 1 saturated heterocycles. The predicted molar refractivity (Wildman–Crippen MR) is 80.7 cm³/mol. The lowest BCUT2D eigenvalue weighted by Crippen LogP contribution is -2.45. The molecule has 1 heteroatoms. The van der Waals surface area contributed by atoms with Crippen LogP contribution < -0.4 is 0 Å². The highest BCUT2D eigenvalue weighted by Gasteiger charge is 2.42. The minimum absolute atomic E-state index is 0.601. The van der Waals surface area contributed by atoms with Crippen LogP contribution in [0.15, 0.2) is 24.3 Å². The van der Waals surface area contributed by atoms with E-state index < -0.39 is 8.80 Å². The molecule has 0 spiro atoms. The quantitative estimate of drug-likeness (QED) is 0.677. The predicted octanol–water partition coefficient (Wildman–Crippen LogP) is 4.64. The Bertz CT molecular complexity index is 358. The smallest absolute Gasteiger partial charge is 0.0488 e. The zero-order valence-corrected chi connectivity index (χ0v) is 12.6. The molecule has 0 aromatic heterocycles. The normalized spacial score (nSPS) is 24.9. The molecule has 0 nitrogen and oxygen atoms in total. The minimum Gasteiger partial charge on any atom is -0.0619 e. The van der Waals surface area contributed by atoms with Crippen LogP contribution in [0.25, 0.3) is 0 Å². The van der Waals surface area contributed by atoms with Gasteiger partial charge >= 0.3 is 0 Å². The molecule has 2 aliphatic rings. The molecule has 1 saturated carbocycles. The van der Waals surface area contributed by atoms with Gasteiger partial charge in [0.15, 0.2) is 0 Å². The van der Waals surface area contributed by atoms with Crippen LogP contribution >= 0.6 is 0 Å². The topological polar surface area (TPSA) is 0 Å². The molecule has 1 aromatic carbocycles. The number of benzene rings is 1. The van der Waals surface area contributed by atoms with Gasteiger partial charge in [0, 0.05) is 8.80 Å². The van der Waals surface area contributed by atoms with Gasteiger partial charge in [0.1, 0.15) is 0 Å². The Labute approximate surface area is 113 Å². The van der Waals surface area contributed by atoms with Crippen LogP contribution in [-0.4, -0.2) is 8.80 Å². The second-order valence-electron chi connectivity index (χ2n) is 6.33. The van der Waals surface area contributed by atoms with Gasteiger partial charge in [-0.05, 0) is 29.5 Å². The minimum atomic E-state index is -0.601. The van der Waals surface area contributed by atoms with E-state index in [9.17, 15) is 0 Å². The Balaban J connectivity index is 1.92. The summed E-state index contributed by atoms with van der Waals surface area (Å²) in [5.74, 6) is 0. The van der Waals surface area contributed by atoms with Gasteiger partial charge in [-0.15, -0.1) is 0 Å². The van der Waals surface area contributed by atoms with Crippen molar-refractivity contribution in [1.82, 2.24) is 0 Å². The molecule has 2 fully saturated rings. The Morgan fingerprint density at radius 3 is 2.28 bits per heavy atom. The monoisotopic (exact) mass is 257 g/mol. The van der Waals surface area contributed by atoms with E-state index in [4.69, 9.17) is 0 Å². The van der Waals surface area contributed by atoms with Gasteiger partial charge < -0.3 is 0 Å². The highest BCUT2D eigenvalue weighted by Crippen LogP contribution is 2.45. The van der Waals surface area contributed by atoms with Crippen LogP contribution in [-0.2, 0) is 5.04 Å². The van der Waals surface area contributed by atoms with Crippen LogP contribution in [0, 0.1) is 6.07 Å². The molecular formula is C17H25Si. The molecule has 97 valence electrons. The SMILES string of the molecule is [c]1ccccc1C1([SiH]2CCCCC2)CCCCC1. The van der Waals surface area contributed by atoms with E-state index in [1.807, 2.05) is 0 Å². The van der Waals surface area contributed by atoms with Crippen molar-refractivity contribution in [3.63, 3.8) is 0 Å². The van der Waals surface area contributed by atoms with Crippen molar-refractivity contribution in [2.75, 3.05) is 0 Å². The molecule has 0 N–H and O–H groups in total. The van der Waals surface area contributed by atoms with Crippen LogP contribution in [0.3, 0.4) is 0 Å². The van der Waals surface area contributed by atoms with Crippen molar-refractivity contribution >= 4 is 8.80 Å². The van der Waals surface area contributed by atoms with Crippen molar-refractivity contribution in [2.24, 2.45) is 0 Å². The largest absolute Gasteiger partial charge is 0.0619 e. The van der Waals surface area contributed by atoms with Gasteiger partial charge in [0.25, 0.3) is 0 Å². The summed E-state index contributed by atoms with van der Waals surface area (Å²) in [6, 6.07) is 15.7. The molecule has 0 unspecified atom stereocenters. The van der Waals surface area contributed by atoms with Crippen LogP contribution in [0.1, 0.15) is 56.9 Å². The van der Waals surface area contributed by atoms with Crippen molar-refractivity contribution in [2.45, 2.75) is 68.5 Å². The lowest BCUT2D eigenvalue weighted by atomic mass is 9.83. The summed E-state index contributed by atoms with van der Waals surface area (Å²) in [5.41, 5.74) is 1.59. The highest BCUT2D eigenvalue weighted by atomic mass is 28.3. The fraction of sp³-hybridized carbons (Fsp3) is 0.647. The molecule has 0 atom stereocenters.